The fourth-order valence-electron chi connectivity index (χ4n) is 2.44. The molecule has 1 atom stereocenters. The number of hydrogen-bond acceptors (Lipinski definition) is 4. The Hall–Kier alpha value is -1.17. The van der Waals surface area contributed by atoms with E-state index in [0.717, 1.165) is 37.4 Å². The van der Waals surface area contributed by atoms with Crippen LogP contribution >= 0.6 is 12.2 Å². The summed E-state index contributed by atoms with van der Waals surface area (Å²) in [7, 11) is 3.40. The lowest BCUT2D eigenvalue weighted by atomic mass is 10.1. The molecule has 1 heterocycles. The molecule has 1 aliphatic rings. The number of methoxy groups -OCH3 is 2. The maximum Gasteiger partial charge on any atom is 0.129 e. The molecule has 104 valence electrons. The zero-order valence-corrected chi connectivity index (χ0v) is 12.2. The van der Waals surface area contributed by atoms with E-state index in [-0.39, 0.29) is 0 Å². The summed E-state index contributed by atoms with van der Waals surface area (Å²) in [5.41, 5.74) is 7.73. The van der Waals surface area contributed by atoms with Crippen LogP contribution in [0.15, 0.2) is 18.2 Å². The lowest BCUT2D eigenvalue weighted by Gasteiger charge is -2.17. The molecule has 1 aromatic rings. The van der Waals surface area contributed by atoms with Gasteiger partial charge in [0.05, 0.1) is 18.8 Å². The van der Waals surface area contributed by atoms with Crippen molar-refractivity contribution in [2.75, 3.05) is 27.3 Å². The molecule has 0 spiro atoms. The minimum absolute atomic E-state index is 0.355. The summed E-state index contributed by atoms with van der Waals surface area (Å²) in [6, 6.07) is 6.00. The van der Waals surface area contributed by atoms with Gasteiger partial charge in [-0.3, -0.25) is 4.90 Å². The van der Waals surface area contributed by atoms with E-state index in [9.17, 15) is 0 Å². The molecule has 19 heavy (non-hydrogen) atoms. The Labute approximate surface area is 119 Å². The van der Waals surface area contributed by atoms with Gasteiger partial charge < -0.3 is 15.2 Å². The Kier molecular flexibility index (Phi) is 4.74. The van der Waals surface area contributed by atoms with Crippen molar-refractivity contribution in [3.05, 3.63) is 29.3 Å². The number of hydrogen-bond donors (Lipinski definition) is 1. The first-order valence-corrected chi connectivity index (χ1v) is 6.76. The number of nitrogens with zero attached hydrogens (tertiary/aromatic N) is 1. The van der Waals surface area contributed by atoms with Gasteiger partial charge in [0.25, 0.3) is 0 Å². The van der Waals surface area contributed by atoms with Crippen LogP contribution in [0.25, 0.3) is 0 Å². The molecule has 1 saturated heterocycles. The van der Waals surface area contributed by atoms with E-state index in [1.807, 2.05) is 12.1 Å². The smallest absolute Gasteiger partial charge is 0.129 e. The summed E-state index contributed by atoms with van der Waals surface area (Å²) in [5.74, 6) is 0.729. The van der Waals surface area contributed by atoms with Crippen LogP contribution in [-0.4, -0.2) is 43.3 Å². The number of benzene rings is 1. The van der Waals surface area contributed by atoms with Crippen LogP contribution in [-0.2, 0) is 11.3 Å². The third-order valence-corrected chi connectivity index (χ3v) is 3.72. The van der Waals surface area contributed by atoms with Crippen molar-refractivity contribution in [3.63, 3.8) is 0 Å². The van der Waals surface area contributed by atoms with E-state index in [1.165, 1.54) is 5.56 Å². The van der Waals surface area contributed by atoms with E-state index >= 15 is 0 Å². The molecule has 2 N–H and O–H groups in total. The van der Waals surface area contributed by atoms with Crippen molar-refractivity contribution in [2.45, 2.75) is 19.1 Å². The van der Waals surface area contributed by atoms with Gasteiger partial charge in [0.2, 0.25) is 0 Å². The molecule has 4 nitrogen and oxygen atoms in total. The first-order chi connectivity index (χ1) is 9.13. The average molecular weight is 280 g/mol. The van der Waals surface area contributed by atoms with E-state index in [4.69, 9.17) is 27.4 Å². The van der Waals surface area contributed by atoms with Crippen LogP contribution in [0.3, 0.4) is 0 Å². The van der Waals surface area contributed by atoms with Crippen molar-refractivity contribution in [3.8, 4) is 5.75 Å². The normalized spacial score (nSPS) is 19.6. The Balaban J connectivity index is 2.09. The van der Waals surface area contributed by atoms with Crippen LogP contribution in [0.1, 0.15) is 17.5 Å². The minimum Gasteiger partial charge on any atom is -0.496 e. The van der Waals surface area contributed by atoms with Crippen LogP contribution in [0, 0.1) is 0 Å². The number of likely N-dealkylation sites (tertiary alicyclic amines) is 1. The van der Waals surface area contributed by atoms with Crippen LogP contribution in [0.2, 0.25) is 0 Å². The number of rotatable bonds is 5. The number of nitrogens with two attached hydrogens (primary N) is 1. The van der Waals surface area contributed by atoms with Crippen LogP contribution < -0.4 is 10.5 Å². The lowest BCUT2D eigenvalue weighted by Crippen LogP contribution is -2.22. The van der Waals surface area contributed by atoms with Gasteiger partial charge in [-0.05, 0) is 24.1 Å². The van der Waals surface area contributed by atoms with Crippen LogP contribution in [0.5, 0.6) is 5.75 Å². The van der Waals surface area contributed by atoms with Gasteiger partial charge in [0, 0.05) is 26.7 Å². The summed E-state index contributed by atoms with van der Waals surface area (Å²) >= 11 is 5.06. The molecular weight excluding hydrogens is 260 g/mol. The maximum absolute atomic E-state index is 5.73. The quantitative estimate of drug-likeness (QED) is 0.829. The molecule has 1 aliphatic heterocycles. The summed E-state index contributed by atoms with van der Waals surface area (Å²) in [6.07, 6.45) is 1.45. The number of thiocarbonyl (C=S) groups is 1. The number of ether oxygens (including phenoxy) is 2. The third kappa shape index (κ3) is 3.43. The monoisotopic (exact) mass is 280 g/mol. The van der Waals surface area contributed by atoms with E-state index in [2.05, 4.69) is 11.0 Å². The maximum atomic E-state index is 5.73. The average Bonchev–Trinajstić information content (AvgIpc) is 2.86. The Bertz CT molecular complexity index is 465. The van der Waals surface area contributed by atoms with Crippen molar-refractivity contribution in [1.82, 2.24) is 4.90 Å². The summed E-state index contributed by atoms with van der Waals surface area (Å²) < 4.78 is 10.6. The predicted octanol–water partition coefficient (Wildman–Crippen LogP) is 1.55. The van der Waals surface area contributed by atoms with Crippen molar-refractivity contribution < 1.29 is 9.47 Å². The molecule has 2 rings (SSSR count). The molecule has 0 radical (unpaired) electrons. The second-order valence-electron chi connectivity index (χ2n) is 4.78. The molecule has 0 aliphatic carbocycles. The van der Waals surface area contributed by atoms with Crippen molar-refractivity contribution in [1.29, 1.82) is 0 Å². The minimum atomic E-state index is 0.355. The summed E-state index contributed by atoms with van der Waals surface area (Å²) in [4.78, 5) is 2.74. The van der Waals surface area contributed by atoms with Crippen molar-refractivity contribution >= 4 is 17.2 Å². The Morgan fingerprint density at radius 1 is 1.47 bits per heavy atom. The van der Waals surface area contributed by atoms with Gasteiger partial charge in [-0.2, -0.15) is 0 Å². The van der Waals surface area contributed by atoms with Gasteiger partial charge in [0.1, 0.15) is 10.7 Å². The fourth-order valence-corrected chi connectivity index (χ4v) is 2.60. The van der Waals surface area contributed by atoms with Gasteiger partial charge in [-0.25, -0.2) is 0 Å². The first kappa shape index (κ1) is 14.2. The standard InChI is InChI=1S/C14H20N2O2S/c1-17-11-5-6-16(9-11)8-10-3-4-13(18-2)12(7-10)14(15)19/h3-4,7,11H,5-6,8-9H2,1-2H3,(H2,15,19). The molecule has 0 aromatic heterocycles. The Morgan fingerprint density at radius 2 is 2.26 bits per heavy atom. The molecule has 5 heteroatoms. The van der Waals surface area contributed by atoms with E-state index < -0.39 is 0 Å². The topological polar surface area (TPSA) is 47.7 Å². The Morgan fingerprint density at radius 3 is 2.84 bits per heavy atom. The third-order valence-electron chi connectivity index (χ3n) is 3.50. The molecule has 1 aromatic carbocycles. The van der Waals surface area contributed by atoms with Gasteiger partial charge in [0.15, 0.2) is 0 Å². The molecule has 0 bridgehead atoms. The van der Waals surface area contributed by atoms with E-state index in [1.54, 1.807) is 14.2 Å². The summed E-state index contributed by atoms with van der Waals surface area (Å²) in [5, 5.41) is 0. The van der Waals surface area contributed by atoms with Gasteiger partial charge >= 0.3 is 0 Å². The second kappa shape index (κ2) is 6.32. The highest BCUT2D eigenvalue weighted by atomic mass is 32.1. The molecule has 1 fully saturated rings. The second-order valence-corrected chi connectivity index (χ2v) is 5.22. The van der Waals surface area contributed by atoms with Gasteiger partial charge in [-0.1, -0.05) is 18.3 Å². The zero-order valence-electron chi connectivity index (χ0n) is 11.4. The predicted molar refractivity (Wildman–Crippen MR) is 79.6 cm³/mol. The fraction of sp³-hybridized carbons (Fsp3) is 0.500. The highest BCUT2D eigenvalue weighted by Crippen LogP contribution is 2.22. The SMILES string of the molecule is COc1ccc(CN2CCC(OC)C2)cc1C(N)=S. The van der Waals surface area contributed by atoms with Crippen LogP contribution in [0.4, 0.5) is 0 Å². The summed E-state index contributed by atoms with van der Waals surface area (Å²) in [6.45, 7) is 2.93. The zero-order chi connectivity index (χ0) is 13.8. The lowest BCUT2D eigenvalue weighted by molar-refractivity contribution is 0.107. The van der Waals surface area contributed by atoms with E-state index in [0.29, 0.717) is 11.1 Å². The first-order valence-electron chi connectivity index (χ1n) is 6.36. The largest absolute Gasteiger partial charge is 0.496 e. The molecule has 0 amide bonds. The molecular formula is C14H20N2O2S. The highest BCUT2D eigenvalue weighted by molar-refractivity contribution is 7.80. The van der Waals surface area contributed by atoms with Gasteiger partial charge in [-0.15, -0.1) is 0 Å². The molecule has 0 saturated carbocycles. The highest BCUT2D eigenvalue weighted by Gasteiger charge is 2.22. The molecule has 1 unspecified atom stereocenters. The van der Waals surface area contributed by atoms with Crippen molar-refractivity contribution in [2.24, 2.45) is 5.73 Å².